The van der Waals surface area contributed by atoms with E-state index in [2.05, 4.69) is 26.2 Å². The Hall–Kier alpha value is -2.60. The summed E-state index contributed by atoms with van der Waals surface area (Å²) in [7, 11) is 0. The fourth-order valence-electron chi connectivity index (χ4n) is 2.71. The molecule has 2 aromatic heterocycles. The molecule has 24 heavy (non-hydrogen) atoms. The van der Waals surface area contributed by atoms with E-state index >= 15 is 0 Å². The first-order valence-corrected chi connectivity index (χ1v) is 8.56. The summed E-state index contributed by atoms with van der Waals surface area (Å²) in [6.45, 7) is 1.66. The third-order valence-electron chi connectivity index (χ3n) is 3.99. The van der Waals surface area contributed by atoms with Gasteiger partial charge in [0.05, 0.1) is 0 Å². The Bertz CT molecular complexity index is 858. The molecular formula is C18H15FN4S. The SMILES string of the molecule is Fc1ccc(C2=CCN(c3nnc(-c4ccccn4)s3)CC2)cc1. The molecule has 0 saturated heterocycles. The van der Waals surface area contributed by atoms with E-state index in [1.807, 2.05) is 30.3 Å². The van der Waals surface area contributed by atoms with Gasteiger partial charge in [-0.15, -0.1) is 10.2 Å². The molecule has 0 radical (unpaired) electrons. The first-order chi connectivity index (χ1) is 11.8. The summed E-state index contributed by atoms with van der Waals surface area (Å²) in [6.07, 6.45) is 4.84. The molecule has 1 aliphatic heterocycles. The van der Waals surface area contributed by atoms with Gasteiger partial charge in [0, 0.05) is 19.3 Å². The number of aromatic nitrogens is 3. The van der Waals surface area contributed by atoms with Gasteiger partial charge in [-0.3, -0.25) is 4.98 Å². The van der Waals surface area contributed by atoms with Crippen molar-refractivity contribution in [2.24, 2.45) is 0 Å². The lowest BCUT2D eigenvalue weighted by Crippen LogP contribution is -2.28. The Kier molecular flexibility index (Phi) is 4.04. The van der Waals surface area contributed by atoms with E-state index in [0.29, 0.717) is 0 Å². The van der Waals surface area contributed by atoms with Crippen molar-refractivity contribution in [1.82, 2.24) is 15.2 Å². The van der Waals surface area contributed by atoms with Gasteiger partial charge in [-0.25, -0.2) is 4.39 Å². The largest absolute Gasteiger partial charge is 0.343 e. The summed E-state index contributed by atoms with van der Waals surface area (Å²) in [4.78, 5) is 6.52. The van der Waals surface area contributed by atoms with Crippen LogP contribution in [0, 0.1) is 5.82 Å². The molecular weight excluding hydrogens is 323 g/mol. The minimum Gasteiger partial charge on any atom is -0.343 e. The highest BCUT2D eigenvalue weighted by Crippen LogP contribution is 2.30. The van der Waals surface area contributed by atoms with Crippen LogP contribution in [-0.4, -0.2) is 28.3 Å². The molecule has 0 spiro atoms. The predicted molar refractivity (Wildman–Crippen MR) is 94.3 cm³/mol. The highest BCUT2D eigenvalue weighted by molar-refractivity contribution is 7.18. The second kappa shape index (κ2) is 6.49. The summed E-state index contributed by atoms with van der Waals surface area (Å²) >= 11 is 1.55. The van der Waals surface area contributed by atoms with E-state index in [9.17, 15) is 4.39 Å². The van der Waals surface area contributed by atoms with Crippen molar-refractivity contribution in [3.8, 4) is 10.7 Å². The summed E-state index contributed by atoms with van der Waals surface area (Å²) < 4.78 is 13.0. The van der Waals surface area contributed by atoms with E-state index in [1.165, 1.54) is 17.7 Å². The Balaban J connectivity index is 1.50. The highest BCUT2D eigenvalue weighted by Gasteiger charge is 2.18. The first-order valence-electron chi connectivity index (χ1n) is 7.74. The van der Waals surface area contributed by atoms with Crippen molar-refractivity contribution in [3.05, 3.63) is 66.1 Å². The maximum absolute atomic E-state index is 13.0. The molecule has 3 heterocycles. The zero-order chi connectivity index (χ0) is 16.4. The number of rotatable bonds is 3. The van der Waals surface area contributed by atoms with Gasteiger partial charge in [0.25, 0.3) is 0 Å². The Morgan fingerprint density at radius 2 is 1.92 bits per heavy atom. The quantitative estimate of drug-likeness (QED) is 0.723. The maximum atomic E-state index is 13.0. The Morgan fingerprint density at radius 1 is 1.04 bits per heavy atom. The van der Waals surface area contributed by atoms with Crippen LogP contribution < -0.4 is 4.90 Å². The monoisotopic (exact) mass is 338 g/mol. The molecule has 0 fully saturated rings. The topological polar surface area (TPSA) is 41.9 Å². The van der Waals surface area contributed by atoms with Crippen molar-refractivity contribution < 1.29 is 4.39 Å². The van der Waals surface area contributed by atoms with E-state index in [4.69, 9.17) is 0 Å². The molecule has 0 amide bonds. The lowest BCUT2D eigenvalue weighted by molar-refractivity contribution is 0.627. The van der Waals surface area contributed by atoms with Crippen LogP contribution in [0.25, 0.3) is 16.3 Å². The van der Waals surface area contributed by atoms with E-state index in [-0.39, 0.29) is 5.82 Å². The fraction of sp³-hybridized carbons (Fsp3) is 0.167. The zero-order valence-corrected chi connectivity index (χ0v) is 13.7. The first kappa shape index (κ1) is 15.0. The minimum atomic E-state index is -0.201. The normalized spacial score (nSPS) is 14.5. The smallest absolute Gasteiger partial charge is 0.208 e. The summed E-state index contributed by atoms with van der Waals surface area (Å²) in [6, 6.07) is 12.5. The highest BCUT2D eigenvalue weighted by atomic mass is 32.1. The van der Waals surface area contributed by atoms with Crippen LogP contribution in [0.2, 0.25) is 0 Å². The van der Waals surface area contributed by atoms with Gasteiger partial charge < -0.3 is 4.90 Å². The maximum Gasteiger partial charge on any atom is 0.208 e. The van der Waals surface area contributed by atoms with Crippen LogP contribution in [0.1, 0.15) is 12.0 Å². The number of benzene rings is 1. The van der Waals surface area contributed by atoms with Crippen LogP contribution in [0.5, 0.6) is 0 Å². The van der Waals surface area contributed by atoms with Crippen molar-refractivity contribution in [2.45, 2.75) is 6.42 Å². The average molecular weight is 338 g/mol. The molecule has 1 aliphatic rings. The zero-order valence-electron chi connectivity index (χ0n) is 12.9. The predicted octanol–water partition coefficient (Wildman–Crippen LogP) is 4.03. The van der Waals surface area contributed by atoms with Gasteiger partial charge >= 0.3 is 0 Å². The van der Waals surface area contributed by atoms with Gasteiger partial charge in [-0.1, -0.05) is 35.6 Å². The number of pyridine rings is 1. The summed E-state index contributed by atoms with van der Waals surface area (Å²) in [5, 5.41) is 10.3. The van der Waals surface area contributed by atoms with Gasteiger partial charge in [-0.05, 0) is 41.8 Å². The fourth-order valence-corrected chi connectivity index (χ4v) is 3.56. The van der Waals surface area contributed by atoms with Crippen LogP contribution >= 0.6 is 11.3 Å². The van der Waals surface area contributed by atoms with Crippen LogP contribution in [0.15, 0.2) is 54.7 Å². The lowest BCUT2D eigenvalue weighted by atomic mass is 10.00. The molecule has 0 aliphatic carbocycles. The molecule has 4 rings (SSSR count). The third-order valence-corrected chi connectivity index (χ3v) is 5.00. The standard InChI is InChI=1S/C18H15FN4S/c19-15-6-4-13(5-7-15)14-8-11-23(12-9-14)18-22-21-17(24-18)16-3-1-2-10-20-16/h1-8,10H,9,11-12H2. The van der Waals surface area contributed by atoms with Crippen LogP contribution in [0.3, 0.4) is 0 Å². The molecule has 0 saturated carbocycles. The molecule has 1 aromatic carbocycles. The van der Waals surface area contributed by atoms with E-state index in [0.717, 1.165) is 40.9 Å². The number of anilines is 1. The van der Waals surface area contributed by atoms with Gasteiger partial charge in [0.1, 0.15) is 11.5 Å². The third kappa shape index (κ3) is 3.05. The average Bonchev–Trinajstić information content (AvgIpc) is 3.13. The lowest BCUT2D eigenvalue weighted by Gasteiger charge is -2.25. The van der Waals surface area contributed by atoms with Gasteiger partial charge in [0.15, 0.2) is 5.01 Å². The molecule has 0 N–H and O–H groups in total. The summed E-state index contributed by atoms with van der Waals surface area (Å²) in [5.41, 5.74) is 3.18. The van der Waals surface area contributed by atoms with Crippen LogP contribution in [0.4, 0.5) is 9.52 Å². The number of hydrogen-bond donors (Lipinski definition) is 0. The number of hydrogen-bond acceptors (Lipinski definition) is 5. The van der Waals surface area contributed by atoms with Gasteiger partial charge in [0.2, 0.25) is 5.13 Å². The number of nitrogens with zero attached hydrogens (tertiary/aromatic N) is 4. The number of halogens is 1. The molecule has 120 valence electrons. The van der Waals surface area contributed by atoms with Crippen LogP contribution in [-0.2, 0) is 0 Å². The van der Waals surface area contributed by atoms with E-state index in [1.54, 1.807) is 17.5 Å². The molecule has 0 bridgehead atoms. The molecule has 0 atom stereocenters. The van der Waals surface area contributed by atoms with Crippen molar-refractivity contribution in [2.75, 3.05) is 18.0 Å². The van der Waals surface area contributed by atoms with Gasteiger partial charge in [-0.2, -0.15) is 0 Å². The van der Waals surface area contributed by atoms with Crippen molar-refractivity contribution in [1.29, 1.82) is 0 Å². The van der Waals surface area contributed by atoms with E-state index < -0.39 is 0 Å². The molecule has 3 aromatic rings. The second-order valence-electron chi connectivity index (χ2n) is 5.54. The second-order valence-corrected chi connectivity index (χ2v) is 6.49. The molecule has 0 unspecified atom stereocenters. The molecule has 4 nitrogen and oxygen atoms in total. The molecule has 6 heteroatoms. The van der Waals surface area contributed by atoms with Crippen molar-refractivity contribution >= 4 is 22.0 Å². The Morgan fingerprint density at radius 3 is 2.62 bits per heavy atom. The van der Waals surface area contributed by atoms with Crippen molar-refractivity contribution in [3.63, 3.8) is 0 Å². The minimum absolute atomic E-state index is 0.201. The Labute approximate surface area is 143 Å². The summed E-state index contributed by atoms with van der Waals surface area (Å²) in [5.74, 6) is -0.201.